The van der Waals surface area contributed by atoms with Crippen molar-refractivity contribution in [2.24, 2.45) is 0 Å². The van der Waals surface area contributed by atoms with Crippen molar-refractivity contribution in [1.82, 2.24) is 9.80 Å². The minimum Gasteiger partial charge on any atom is -0.493 e. The monoisotopic (exact) mass is 700 g/mol. The first kappa shape index (κ1) is 34.2. The second-order valence-corrected chi connectivity index (χ2v) is 15.0. The summed E-state index contributed by atoms with van der Waals surface area (Å²) in [7, 11) is 1.27. The number of ether oxygens (including phenoxy) is 5. The van der Waals surface area contributed by atoms with Crippen LogP contribution in [0.25, 0.3) is 0 Å². The van der Waals surface area contributed by atoms with Crippen LogP contribution in [0.4, 0.5) is 0 Å². The Morgan fingerprint density at radius 2 is 1.68 bits per heavy atom. The van der Waals surface area contributed by atoms with Crippen molar-refractivity contribution in [3.8, 4) is 28.7 Å². The van der Waals surface area contributed by atoms with Gasteiger partial charge in [0.2, 0.25) is 6.79 Å². The summed E-state index contributed by atoms with van der Waals surface area (Å²) in [5.41, 5.74) is 6.70. The molecule has 264 valence electrons. The zero-order valence-corrected chi connectivity index (χ0v) is 30.2. The van der Waals surface area contributed by atoms with Gasteiger partial charge in [-0.3, -0.25) is 9.80 Å². The molecular formula is C39H44N2O8S. The Balaban J connectivity index is 1.38. The number of aryl methyl sites for hydroxylation is 2. The van der Waals surface area contributed by atoms with Crippen molar-refractivity contribution < 1.29 is 36.3 Å². The third kappa shape index (κ3) is 6.28. The molecule has 3 heterocycles. The fourth-order valence-electron chi connectivity index (χ4n) is 7.80. The van der Waals surface area contributed by atoms with E-state index in [4.69, 9.17) is 27.9 Å². The van der Waals surface area contributed by atoms with E-state index in [1.807, 2.05) is 32.9 Å². The van der Waals surface area contributed by atoms with Gasteiger partial charge in [-0.2, -0.15) is 8.42 Å². The third-order valence-electron chi connectivity index (χ3n) is 10.2. The maximum absolute atomic E-state index is 13.8. The molecule has 7 rings (SSSR count). The molecule has 4 aromatic carbocycles. The van der Waals surface area contributed by atoms with Gasteiger partial charge < -0.3 is 27.9 Å². The highest BCUT2D eigenvalue weighted by Crippen LogP contribution is 2.51. The number of hydrogen-bond acceptors (Lipinski definition) is 10. The molecule has 3 atom stereocenters. The summed E-state index contributed by atoms with van der Waals surface area (Å²) in [6.45, 7) is 7.42. The molecule has 1 fully saturated rings. The van der Waals surface area contributed by atoms with Gasteiger partial charge in [0, 0.05) is 49.0 Å². The lowest BCUT2D eigenvalue weighted by molar-refractivity contribution is -0.0251. The Morgan fingerprint density at radius 3 is 2.40 bits per heavy atom. The summed E-state index contributed by atoms with van der Waals surface area (Å²) in [6, 6.07) is 21.2. The lowest BCUT2D eigenvalue weighted by atomic mass is 9.78. The lowest BCUT2D eigenvalue weighted by Gasteiger charge is -2.54. The molecule has 3 aliphatic rings. The maximum atomic E-state index is 13.8. The Labute approximate surface area is 294 Å². The number of nitrogens with zero attached hydrogens (tertiary/aromatic N) is 2. The van der Waals surface area contributed by atoms with Gasteiger partial charge in [-0.15, -0.1) is 0 Å². The largest absolute Gasteiger partial charge is 0.493 e. The molecule has 0 unspecified atom stereocenters. The molecule has 3 aliphatic heterocycles. The first-order valence-electron chi connectivity index (χ1n) is 16.8. The van der Waals surface area contributed by atoms with Gasteiger partial charge in [-0.1, -0.05) is 54.1 Å². The first-order valence-corrected chi connectivity index (χ1v) is 18.3. The number of fused-ring (bicyclic) bond motifs is 5. The van der Waals surface area contributed by atoms with Crippen molar-refractivity contribution in [2.75, 3.05) is 41.4 Å². The number of piperazine rings is 1. The van der Waals surface area contributed by atoms with Crippen molar-refractivity contribution >= 4 is 10.1 Å². The number of methoxy groups -OCH3 is 2. The summed E-state index contributed by atoms with van der Waals surface area (Å²) >= 11 is 0. The number of likely N-dealkylation sites (N-methyl/N-ethyl adjacent to an activating group) is 1. The van der Waals surface area contributed by atoms with Crippen LogP contribution >= 0.6 is 0 Å². The molecule has 1 saturated heterocycles. The molecule has 0 saturated carbocycles. The second-order valence-electron chi connectivity index (χ2n) is 13.4. The van der Waals surface area contributed by atoms with E-state index in [1.54, 1.807) is 38.5 Å². The van der Waals surface area contributed by atoms with Crippen LogP contribution in [0.15, 0.2) is 71.6 Å². The summed E-state index contributed by atoms with van der Waals surface area (Å²) in [6.07, 6.45) is 1.30. The smallest absolute Gasteiger partial charge is 0.339 e. The van der Waals surface area contributed by atoms with Gasteiger partial charge >= 0.3 is 10.1 Å². The van der Waals surface area contributed by atoms with Crippen LogP contribution in [-0.2, 0) is 34.2 Å². The highest BCUT2D eigenvalue weighted by atomic mass is 32.2. The normalized spacial score (nSPS) is 20.0. The van der Waals surface area contributed by atoms with Crippen LogP contribution in [0.1, 0.15) is 45.0 Å². The van der Waals surface area contributed by atoms with Crippen LogP contribution < -0.4 is 23.1 Å². The zero-order chi connectivity index (χ0) is 35.2. The van der Waals surface area contributed by atoms with E-state index in [1.165, 1.54) is 11.1 Å². The van der Waals surface area contributed by atoms with E-state index in [0.717, 1.165) is 29.7 Å². The standard InChI is InChI=1S/C39H44N2O8S/c1-24-12-14-31(15-13-24)50(42,43)49-37-26(3)38-33(46-23-48-38)19-29(37)18-32-35-34-28(16-25(2)36(45-6)39(34)47-22-44-5)17-30(40(35)4)21-41(32)20-27-10-8-7-9-11-27/h7-16,19,30,32,35H,17-18,20-23H2,1-6H3/t30-,32-,35-/m0/s1. The average Bonchev–Trinajstić information content (AvgIpc) is 3.57. The van der Waals surface area contributed by atoms with Gasteiger partial charge in [0.05, 0.1) is 13.2 Å². The lowest BCUT2D eigenvalue weighted by Crippen LogP contribution is -2.61. The molecule has 2 bridgehead atoms. The minimum atomic E-state index is -4.17. The molecular weight excluding hydrogens is 657 g/mol. The zero-order valence-electron chi connectivity index (χ0n) is 29.4. The number of benzene rings is 4. The van der Waals surface area contributed by atoms with Gasteiger partial charge in [-0.25, -0.2) is 0 Å². The Bertz CT molecular complexity index is 1980. The Hall–Kier alpha value is -4.29. The molecule has 11 heteroatoms. The fraction of sp³-hybridized carbons (Fsp3) is 0.385. The highest BCUT2D eigenvalue weighted by molar-refractivity contribution is 7.87. The van der Waals surface area contributed by atoms with Crippen LogP contribution in [0, 0.1) is 20.8 Å². The van der Waals surface area contributed by atoms with Gasteiger partial charge in [-0.05, 0) is 75.5 Å². The molecule has 4 aromatic rings. The van der Waals surface area contributed by atoms with Crippen LogP contribution in [-0.4, -0.2) is 71.7 Å². The van der Waals surface area contributed by atoms with E-state index in [9.17, 15) is 8.42 Å². The van der Waals surface area contributed by atoms with Gasteiger partial charge in [0.25, 0.3) is 0 Å². The molecule has 0 spiro atoms. The number of rotatable bonds is 11. The first-order chi connectivity index (χ1) is 24.1. The molecule has 0 radical (unpaired) electrons. The Morgan fingerprint density at radius 1 is 0.920 bits per heavy atom. The third-order valence-corrected chi connectivity index (χ3v) is 11.4. The van der Waals surface area contributed by atoms with Gasteiger partial charge in [0.1, 0.15) is 4.90 Å². The molecule has 0 aromatic heterocycles. The SMILES string of the molecule is COCOc1c(OC)c(C)cc2c1[C@@H]1[C@H](Cc3cc4c(c(C)c3OS(=O)(=O)c3ccc(C)cc3)OCO4)N(Cc3ccccc3)C[C@H](C2)N1C. The second kappa shape index (κ2) is 13.8. The molecule has 50 heavy (non-hydrogen) atoms. The van der Waals surface area contributed by atoms with Crippen molar-refractivity contribution in [3.63, 3.8) is 0 Å². The average molecular weight is 701 g/mol. The summed E-state index contributed by atoms with van der Waals surface area (Å²) < 4.78 is 63.0. The molecule has 0 N–H and O–H groups in total. The van der Waals surface area contributed by atoms with E-state index >= 15 is 0 Å². The Kier molecular flexibility index (Phi) is 9.42. The van der Waals surface area contributed by atoms with E-state index in [-0.39, 0.29) is 42.4 Å². The summed E-state index contributed by atoms with van der Waals surface area (Å²) in [4.78, 5) is 5.03. The van der Waals surface area contributed by atoms with Crippen LogP contribution in [0.2, 0.25) is 0 Å². The minimum absolute atomic E-state index is 0.0487. The summed E-state index contributed by atoms with van der Waals surface area (Å²) in [5, 5.41) is 0. The van der Waals surface area contributed by atoms with E-state index < -0.39 is 10.1 Å². The fourth-order valence-corrected chi connectivity index (χ4v) is 8.82. The summed E-state index contributed by atoms with van der Waals surface area (Å²) in [5.74, 6) is 2.67. The van der Waals surface area contributed by atoms with E-state index in [2.05, 4.69) is 47.2 Å². The van der Waals surface area contributed by atoms with Crippen molar-refractivity contribution in [1.29, 1.82) is 0 Å². The van der Waals surface area contributed by atoms with Crippen LogP contribution in [0.3, 0.4) is 0 Å². The quantitative estimate of drug-likeness (QED) is 0.135. The molecule has 0 aliphatic carbocycles. The van der Waals surface area contributed by atoms with Crippen LogP contribution in [0.5, 0.6) is 28.7 Å². The van der Waals surface area contributed by atoms with Crippen molar-refractivity contribution in [2.45, 2.75) is 63.2 Å². The predicted octanol–water partition coefficient (Wildman–Crippen LogP) is 6.12. The topological polar surface area (TPSA) is 96.0 Å². The van der Waals surface area contributed by atoms with E-state index in [0.29, 0.717) is 47.1 Å². The van der Waals surface area contributed by atoms with Crippen molar-refractivity contribution in [3.05, 3.63) is 106 Å². The highest BCUT2D eigenvalue weighted by Gasteiger charge is 2.47. The maximum Gasteiger partial charge on any atom is 0.339 e. The molecule has 0 amide bonds. The van der Waals surface area contributed by atoms with Gasteiger partial charge in [0.15, 0.2) is 35.5 Å². The molecule has 10 nitrogen and oxygen atoms in total. The number of hydrogen-bond donors (Lipinski definition) is 0. The predicted molar refractivity (Wildman–Crippen MR) is 189 cm³/mol.